The van der Waals surface area contributed by atoms with Gasteiger partial charge in [0.2, 0.25) is 5.91 Å². The van der Waals surface area contributed by atoms with Crippen molar-refractivity contribution in [3.63, 3.8) is 0 Å². The van der Waals surface area contributed by atoms with Crippen molar-refractivity contribution in [2.75, 3.05) is 12.4 Å². The number of halogens is 1. The number of rotatable bonds is 6. The molecule has 0 aliphatic carbocycles. The molecule has 1 N–H and O–H groups in total. The maximum absolute atomic E-state index is 11.9. The highest BCUT2D eigenvalue weighted by atomic mass is 35.5. The van der Waals surface area contributed by atoms with Gasteiger partial charge >= 0.3 is 5.97 Å². The number of thiophene rings is 1. The second kappa shape index (κ2) is 7.89. The van der Waals surface area contributed by atoms with Gasteiger partial charge in [0.1, 0.15) is 0 Å². The molecule has 23 heavy (non-hydrogen) atoms. The van der Waals surface area contributed by atoms with Crippen LogP contribution in [-0.4, -0.2) is 24.8 Å². The van der Waals surface area contributed by atoms with Crippen molar-refractivity contribution in [3.8, 4) is 0 Å². The molecule has 0 fully saturated rings. The minimum atomic E-state index is -0.481. The number of anilines is 1. The van der Waals surface area contributed by atoms with Crippen molar-refractivity contribution in [1.29, 1.82) is 0 Å². The van der Waals surface area contributed by atoms with Crippen LogP contribution in [-0.2, 0) is 9.53 Å². The molecule has 5 nitrogen and oxygen atoms in total. The zero-order valence-corrected chi connectivity index (χ0v) is 13.9. The Balaban J connectivity index is 1.90. The predicted molar refractivity (Wildman–Crippen MR) is 89.3 cm³/mol. The molecule has 120 valence electrons. The number of ketones is 1. The smallest absolute Gasteiger partial charge is 0.337 e. The summed E-state index contributed by atoms with van der Waals surface area (Å²) in [5.41, 5.74) is 0.819. The van der Waals surface area contributed by atoms with Gasteiger partial charge in [-0.3, -0.25) is 9.59 Å². The first-order valence-corrected chi connectivity index (χ1v) is 7.96. The first kappa shape index (κ1) is 17.2. The summed E-state index contributed by atoms with van der Waals surface area (Å²) in [6.07, 6.45) is 0.149. The number of hydrogen-bond acceptors (Lipinski definition) is 5. The Hall–Kier alpha value is -2.18. The third-order valence-corrected chi connectivity index (χ3v) is 4.27. The average molecular weight is 352 g/mol. The van der Waals surface area contributed by atoms with E-state index in [9.17, 15) is 14.4 Å². The van der Waals surface area contributed by atoms with Gasteiger partial charge in [0, 0.05) is 18.5 Å². The van der Waals surface area contributed by atoms with Crippen LogP contribution in [0.15, 0.2) is 36.4 Å². The maximum Gasteiger partial charge on any atom is 0.337 e. The van der Waals surface area contributed by atoms with Crippen molar-refractivity contribution in [1.82, 2.24) is 0 Å². The predicted octanol–water partition coefficient (Wildman–Crippen LogP) is 3.79. The number of benzene rings is 1. The molecule has 7 heteroatoms. The minimum Gasteiger partial charge on any atom is -0.465 e. The highest BCUT2D eigenvalue weighted by Gasteiger charge is 2.12. The second-order valence-electron chi connectivity index (χ2n) is 4.65. The summed E-state index contributed by atoms with van der Waals surface area (Å²) in [4.78, 5) is 35.8. The molecule has 1 aromatic carbocycles. The first-order valence-electron chi connectivity index (χ1n) is 6.76. The maximum atomic E-state index is 11.9. The normalized spacial score (nSPS) is 10.2. The number of carbonyl (C=O) groups is 3. The van der Waals surface area contributed by atoms with Crippen LogP contribution in [0.3, 0.4) is 0 Å². The SMILES string of the molecule is COC(=O)c1cccc(NC(=O)CCC(=O)c2ccc(Cl)s2)c1. The largest absolute Gasteiger partial charge is 0.465 e. The van der Waals surface area contributed by atoms with E-state index in [-0.39, 0.29) is 24.5 Å². The lowest BCUT2D eigenvalue weighted by Crippen LogP contribution is -2.13. The van der Waals surface area contributed by atoms with E-state index in [1.807, 2.05) is 0 Å². The second-order valence-corrected chi connectivity index (χ2v) is 6.36. The van der Waals surface area contributed by atoms with Gasteiger partial charge in [-0.25, -0.2) is 4.79 Å². The van der Waals surface area contributed by atoms with Gasteiger partial charge in [0.25, 0.3) is 0 Å². The average Bonchev–Trinajstić information content (AvgIpc) is 2.98. The molecule has 1 amide bonds. The number of methoxy groups -OCH3 is 1. The van der Waals surface area contributed by atoms with Crippen LogP contribution in [0.2, 0.25) is 4.34 Å². The molecular formula is C16H14ClNO4S. The fourth-order valence-corrected chi connectivity index (χ4v) is 2.89. The van der Waals surface area contributed by atoms with Crippen LogP contribution in [0.25, 0.3) is 0 Å². The summed E-state index contributed by atoms with van der Waals surface area (Å²) < 4.78 is 5.16. The number of nitrogens with one attached hydrogen (secondary N) is 1. The zero-order chi connectivity index (χ0) is 16.8. The lowest BCUT2D eigenvalue weighted by Gasteiger charge is -2.06. The molecule has 2 rings (SSSR count). The highest BCUT2D eigenvalue weighted by Crippen LogP contribution is 2.23. The van der Waals surface area contributed by atoms with E-state index in [1.165, 1.54) is 24.5 Å². The van der Waals surface area contributed by atoms with Gasteiger partial charge in [-0.1, -0.05) is 17.7 Å². The zero-order valence-electron chi connectivity index (χ0n) is 12.3. The summed E-state index contributed by atoms with van der Waals surface area (Å²) in [6, 6.07) is 9.70. The molecular weight excluding hydrogens is 338 g/mol. The molecule has 0 spiro atoms. The van der Waals surface area contributed by atoms with Crippen molar-refractivity contribution in [3.05, 3.63) is 51.2 Å². The van der Waals surface area contributed by atoms with Crippen molar-refractivity contribution >= 4 is 46.3 Å². The van der Waals surface area contributed by atoms with Crippen molar-refractivity contribution < 1.29 is 19.1 Å². The molecule has 0 aliphatic heterocycles. The van der Waals surface area contributed by atoms with Gasteiger partial charge in [0.05, 0.1) is 21.9 Å². The molecule has 1 aromatic heterocycles. The number of hydrogen-bond donors (Lipinski definition) is 1. The van der Waals surface area contributed by atoms with Gasteiger partial charge in [-0.2, -0.15) is 0 Å². The first-order chi connectivity index (χ1) is 11.0. The van der Waals surface area contributed by atoms with Crippen molar-refractivity contribution in [2.24, 2.45) is 0 Å². The number of ether oxygens (including phenoxy) is 1. The molecule has 0 saturated carbocycles. The van der Waals surface area contributed by atoms with Gasteiger partial charge in [0.15, 0.2) is 5.78 Å². The third-order valence-electron chi connectivity index (χ3n) is 2.99. The topological polar surface area (TPSA) is 72.5 Å². The van der Waals surface area contributed by atoms with Crippen LogP contribution >= 0.6 is 22.9 Å². The standard InChI is InChI=1S/C16H14ClNO4S/c1-22-16(21)10-3-2-4-11(9-10)18-15(20)8-5-12(19)13-6-7-14(17)23-13/h2-4,6-7,9H,5,8H2,1H3,(H,18,20). The minimum absolute atomic E-state index is 0.0524. The van der Waals surface area contributed by atoms with E-state index in [0.717, 1.165) is 0 Å². The quantitative estimate of drug-likeness (QED) is 0.634. The van der Waals surface area contributed by atoms with Gasteiger partial charge < -0.3 is 10.1 Å². The van der Waals surface area contributed by atoms with Crippen molar-refractivity contribution in [2.45, 2.75) is 12.8 Å². The Kier molecular flexibility index (Phi) is 5.90. The summed E-state index contributed by atoms with van der Waals surface area (Å²) in [6.45, 7) is 0. The number of esters is 1. The monoisotopic (exact) mass is 351 g/mol. The molecule has 1 heterocycles. The molecule has 0 saturated heterocycles. The van der Waals surface area contributed by atoms with E-state index in [4.69, 9.17) is 11.6 Å². The van der Waals surface area contributed by atoms with E-state index >= 15 is 0 Å². The molecule has 0 atom stereocenters. The van der Waals surface area contributed by atoms with Crippen LogP contribution in [0.4, 0.5) is 5.69 Å². The summed E-state index contributed by atoms with van der Waals surface area (Å²) >= 11 is 6.97. The van der Waals surface area contributed by atoms with E-state index < -0.39 is 5.97 Å². The van der Waals surface area contributed by atoms with Crippen LogP contribution in [0, 0.1) is 0 Å². The Morgan fingerprint density at radius 2 is 1.96 bits per heavy atom. The van der Waals surface area contributed by atoms with Crippen LogP contribution < -0.4 is 5.32 Å². The third kappa shape index (κ3) is 4.91. The summed E-state index contributed by atoms with van der Waals surface area (Å²) in [5, 5.41) is 2.65. The van der Waals surface area contributed by atoms with Crippen LogP contribution in [0.5, 0.6) is 0 Å². The van der Waals surface area contributed by atoms with E-state index in [2.05, 4.69) is 10.1 Å². The highest BCUT2D eigenvalue weighted by molar-refractivity contribution is 7.18. The van der Waals surface area contributed by atoms with E-state index in [0.29, 0.717) is 20.5 Å². The molecule has 0 bridgehead atoms. The lowest BCUT2D eigenvalue weighted by molar-refractivity contribution is -0.116. The summed E-state index contributed by atoms with van der Waals surface area (Å²) in [5.74, 6) is -0.908. The van der Waals surface area contributed by atoms with E-state index in [1.54, 1.807) is 30.3 Å². The number of amides is 1. The van der Waals surface area contributed by atoms with Crippen LogP contribution in [0.1, 0.15) is 32.9 Å². The Morgan fingerprint density at radius 1 is 1.17 bits per heavy atom. The Bertz CT molecular complexity index is 741. The number of Topliss-reactive ketones (excluding diaryl/α,β-unsaturated/α-hetero) is 1. The molecule has 0 aliphatic rings. The Morgan fingerprint density at radius 3 is 2.61 bits per heavy atom. The molecule has 0 unspecified atom stereocenters. The van der Waals surface area contributed by atoms with Gasteiger partial charge in [-0.15, -0.1) is 11.3 Å². The Labute approximate surface area is 142 Å². The molecule has 2 aromatic rings. The summed E-state index contributed by atoms with van der Waals surface area (Å²) in [7, 11) is 1.29. The molecule has 0 radical (unpaired) electrons. The lowest BCUT2D eigenvalue weighted by atomic mass is 10.1. The number of carbonyl (C=O) groups excluding carboxylic acids is 3. The fourth-order valence-electron chi connectivity index (χ4n) is 1.88. The fraction of sp³-hybridized carbons (Fsp3) is 0.188. The van der Waals surface area contributed by atoms with Gasteiger partial charge in [-0.05, 0) is 30.3 Å².